The Balaban J connectivity index is 1.64. The van der Waals surface area contributed by atoms with Gasteiger partial charge in [0.2, 0.25) is 0 Å². The van der Waals surface area contributed by atoms with Gasteiger partial charge in [-0.1, -0.05) is 19.9 Å². The summed E-state index contributed by atoms with van der Waals surface area (Å²) in [6.45, 7) is 9.35. The Bertz CT molecular complexity index is 421. The predicted molar refractivity (Wildman–Crippen MR) is 84.2 cm³/mol. The van der Waals surface area contributed by atoms with Crippen molar-refractivity contribution in [1.82, 2.24) is 4.90 Å². The fraction of sp³-hybridized carbons (Fsp3) is 0.882. The lowest BCUT2D eigenvalue weighted by molar-refractivity contribution is -0.231. The molecule has 2 fully saturated rings. The molecule has 0 aromatic carbocycles. The minimum Gasteiger partial charge on any atom is -0.380 e. The van der Waals surface area contributed by atoms with Crippen molar-refractivity contribution in [3.05, 3.63) is 11.6 Å². The van der Waals surface area contributed by atoms with Crippen molar-refractivity contribution in [2.75, 3.05) is 40.0 Å². The SMILES string of the molecule is COCC1=CCN(CC2(N)C3CCCOC3C2(C)C)CC1. The maximum absolute atomic E-state index is 6.89. The van der Waals surface area contributed by atoms with Crippen LogP contribution in [0.3, 0.4) is 0 Å². The van der Waals surface area contributed by atoms with Gasteiger partial charge in [-0.25, -0.2) is 0 Å². The number of ether oxygens (including phenoxy) is 2. The third kappa shape index (κ3) is 2.46. The van der Waals surface area contributed by atoms with Crippen molar-refractivity contribution in [3.63, 3.8) is 0 Å². The van der Waals surface area contributed by atoms with Crippen molar-refractivity contribution in [1.29, 1.82) is 0 Å². The summed E-state index contributed by atoms with van der Waals surface area (Å²) < 4.78 is 11.2. The fourth-order valence-electron chi connectivity index (χ4n) is 4.57. The van der Waals surface area contributed by atoms with Gasteiger partial charge in [0.15, 0.2) is 0 Å². The van der Waals surface area contributed by atoms with Crippen LogP contribution in [0.5, 0.6) is 0 Å². The van der Waals surface area contributed by atoms with E-state index in [1.165, 1.54) is 12.0 Å². The minimum absolute atomic E-state index is 0.0780. The molecular formula is C17H30N2O2. The van der Waals surface area contributed by atoms with Crippen molar-refractivity contribution >= 4 is 0 Å². The summed E-state index contributed by atoms with van der Waals surface area (Å²) in [6, 6.07) is 0. The zero-order valence-electron chi connectivity index (χ0n) is 13.7. The molecule has 4 nitrogen and oxygen atoms in total. The van der Waals surface area contributed by atoms with Crippen molar-refractivity contribution in [3.8, 4) is 0 Å². The second-order valence-corrected chi connectivity index (χ2v) is 7.58. The quantitative estimate of drug-likeness (QED) is 0.803. The first-order valence-corrected chi connectivity index (χ1v) is 8.29. The average Bonchev–Trinajstić information content (AvgIpc) is 2.49. The molecule has 0 radical (unpaired) electrons. The Morgan fingerprint density at radius 1 is 1.48 bits per heavy atom. The molecular weight excluding hydrogens is 264 g/mol. The van der Waals surface area contributed by atoms with Gasteiger partial charge in [0.1, 0.15) is 0 Å². The van der Waals surface area contributed by atoms with E-state index in [2.05, 4.69) is 24.8 Å². The zero-order chi connectivity index (χ0) is 15.1. The Morgan fingerprint density at radius 2 is 2.29 bits per heavy atom. The summed E-state index contributed by atoms with van der Waals surface area (Å²) in [5.41, 5.74) is 8.29. The molecule has 3 atom stereocenters. The molecule has 0 amide bonds. The van der Waals surface area contributed by atoms with E-state index in [9.17, 15) is 0 Å². The molecule has 1 aliphatic carbocycles. The largest absolute Gasteiger partial charge is 0.380 e. The molecule has 0 aromatic rings. The normalized spacial score (nSPS) is 39.3. The summed E-state index contributed by atoms with van der Waals surface area (Å²) in [6.07, 6.45) is 6.17. The first kappa shape index (κ1) is 15.5. The average molecular weight is 294 g/mol. The van der Waals surface area contributed by atoms with Gasteiger partial charge >= 0.3 is 0 Å². The monoisotopic (exact) mass is 294 g/mol. The highest BCUT2D eigenvalue weighted by Gasteiger charge is 2.66. The lowest BCUT2D eigenvalue weighted by Gasteiger charge is -2.67. The molecule has 3 unspecified atom stereocenters. The highest BCUT2D eigenvalue weighted by atomic mass is 16.5. The molecule has 0 bridgehead atoms. The Morgan fingerprint density at radius 3 is 2.95 bits per heavy atom. The molecule has 21 heavy (non-hydrogen) atoms. The number of nitrogens with zero attached hydrogens (tertiary/aromatic N) is 1. The molecule has 4 heteroatoms. The van der Waals surface area contributed by atoms with Crippen molar-refractivity contribution in [2.45, 2.75) is 44.8 Å². The summed E-state index contributed by atoms with van der Waals surface area (Å²) in [5, 5.41) is 0. The van der Waals surface area contributed by atoms with Crippen LogP contribution in [-0.2, 0) is 9.47 Å². The third-order valence-electron chi connectivity index (χ3n) is 6.10. The number of hydrogen-bond acceptors (Lipinski definition) is 4. The molecule has 1 saturated heterocycles. The summed E-state index contributed by atoms with van der Waals surface area (Å²) >= 11 is 0. The van der Waals surface area contributed by atoms with E-state index < -0.39 is 0 Å². The summed E-state index contributed by atoms with van der Waals surface area (Å²) in [5.74, 6) is 0.533. The fourth-order valence-corrected chi connectivity index (χ4v) is 4.57. The molecule has 3 rings (SSSR count). The second-order valence-electron chi connectivity index (χ2n) is 7.58. The van der Waals surface area contributed by atoms with Crippen LogP contribution in [0, 0.1) is 11.3 Å². The Kier molecular flexibility index (Phi) is 4.17. The van der Waals surface area contributed by atoms with Gasteiger partial charge in [0.05, 0.1) is 12.7 Å². The maximum Gasteiger partial charge on any atom is 0.0690 e. The van der Waals surface area contributed by atoms with Gasteiger partial charge in [-0.2, -0.15) is 0 Å². The van der Waals surface area contributed by atoms with Gasteiger partial charge in [0, 0.05) is 50.2 Å². The zero-order valence-corrected chi connectivity index (χ0v) is 13.7. The van der Waals surface area contributed by atoms with Gasteiger partial charge < -0.3 is 15.2 Å². The first-order valence-electron chi connectivity index (χ1n) is 8.29. The van der Waals surface area contributed by atoms with E-state index in [-0.39, 0.29) is 11.0 Å². The molecule has 0 spiro atoms. The molecule has 1 saturated carbocycles. The van der Waals surface area contributed by atoms with Crippen LogP contribution in [0.2, 0.25) is 0 Å². The van der Waals surface area contributed by atoms with Gasteiger partial charge in [-0.05, 0) is 24.8 Å². The van der Waals surface area contributed by atoms with E-state index in [1.54, 1.807) is 7.11 Å². The maximum atomic E-state index is 6.89. The van der Waals surface area contributed by atoms with Crippen molar-refractivity contribution < 1.29 is 9.47 Å². The second kappa shape index (κ2) is 5.65. The van der Waals surface area contributed by atoms with Crippen LogP contribution in [0.15, 0.2) is 11.6 Å². The number of hydrogen-bond donors (Lipinski definition) is 1. The molecule has 0 aromatic heterocycles. The molecule has 2 heterocycles. The topological polar surface area (TPSA) is 47.7 Å². The smallest absolute Gasteiger partial charge is 0.0690 e. The number of nitrogens with two attached hydrogens (primary N) is 1. The van der Waals surface area contributed by atoms with Gasteiger partial charge in [-0.15, -0.1) is 0 Å². The van der Waals surface area contributed by atoms with E-state index >= 15 is 0 Å². The van der Waals surface area contributed by atoms with Crippen LogP contribution >= 0.6 is 0 Å². The van der Waals surface area contributed by atoms with E-state index in [0.29, 0.717) is 12.0 Å². The highest BCUT2D eigenvalue weighted by molar-refractivity contribution is 5.21. The molecule has 120 valence electrons. The Hall–Kier alpha value is -0.420. The van der Waals surface area contributed by atoms with Crippen LogP contribution in [-0.4, -0.2) is 56.5 Å². The number of methoxy groups -OCH3 is 1. The lowest BCUT2D eigenvalue weighted by atomic mass is 9.46. The third-order valence-corrected chi connectivity index (χ3v) is 6.10. The molecule has 2 aliphatic heterocycles. The lowest BCUT2D eigenvalue weighted by Crippen LogP contribution is -2.80. The van der Waals surface area contributed by atoms with Gasteiger partial charge in [0.25, 0.3) is 0 Å². The predicted octanol–water partition coefficient (Wildman–Crippen LogP) is 1.80. The first-order chi connectivity index (χ1) is 9.99. The summed E-state index contributed by atoms with van der Waals surface area (Å²) in [4.78, 5) is 2.51. The van der Waals surface area contributed by atoms with E-state index in [0.717, 1.165) is 45.7 Å². The highest BCUT2D eigenvalue weighted by Crippen LogP contribution is 2.57. The van der Waals surface area contributed by atoms with Crippen molar-refractivity contribution in [2.24, 2.45) is 17.1 Å². The number of rotatable bonds is 4. The van der Waals surface area contributed by atoms with Crippen LogP contribution in [0.4, 0.5) is 0 Å². The van der Waals surface area contributed by atoms with Crippen LogP contribution < -0.4 is 5.73 Å². The standard InChI is InChI=1S/C17H30N2O2/c1-16(2)15-14(5-4-10-21-15)17(16,18)12-19-8-6-13(7-9-19)11-20-3/h6,14-15H,4-5,7-12,18H2,1-3H3. The Labute approximate surface area is 128 Å². The molecule has 3 aliphatic rings. The van der Waals surface area contributed by atoms with Crippen LogP contribution in [0.1, 0.15) is 33.1 Å². The number of fused-ring (bicyclic) bond motifs is 1. The van der Waals surface area contributed by atoms with Gasteiger partial charge in [-0.3, -0.25) is 4.90 Å². The van der Waals surface area contributed by atoms with E-state index in [1.807, 2.05) is 0 Å². The summed E-state index contributed by atoms with van der Waals surface area (Å²) in [7, 11) is 1.77. The minimum atomic E-state index is -0.106. The van der Waals surface area contributed by atoms with Crippen LogP contribution in [0.25, 0.3) is 0 Å². The van der Waals surface area contributed by atoms with E-state index in [4.69, 9.17) is 15.2 Å². The molecule has 2 N–H and O–H groups in total.